The third-order valence-electron chi connectivity index (χ3n) is 3.56. The second kappa shape index (κ2) is 12.5. The predicted octanol–water partition coefficient (Wildman–Crippen LogP) is 3.71. The minimum Gasteiger partial charge on any atom is -0.341 e. The van der Waals surface area contributed by atoms with Crippen LogP contribution in [0, 0.1) is 0 Å². The standard InChI is InChI=1S/C16H34N2O/c1-4-7-10-13-18(14-11-8-5-2)16(19)15(17)12-9-6-3/h15H,4-14,17H2,1-3H3/t15-/m1/s1. The van der Waals surface area contributed by atoms with Gasteiger partial charge in [-0.25, -0.2) is 0 Å². The Kier molecular flexibility index (Phi) is 12.1. The Morgan fingerprint density at radius 3 is 1.79 bits per heavy atom. The molecular formula is C16H34N2O. The number of unbranched alkanes of at least 4 members (excludes halogenated alkanes) is 5. The van der Waals surface area contributed by atoms with Crippen LogP contribution in [0.3, 0.4) is 0 Å². The van der Waals surface area contributed by atoms with Crippen molar-refractivity contribution in [2.45, 2.75) is 84.6 Å². The van der Waals surface area contributed by atoms with Crippen molar-refractivity contribution >= 4 is 5.91 Å². The van der Waals surface area contributed by atoms with E-state index in [9.17, 15) is 4.79 Å². The molecule has 0 saturated carbocycles. The number of carbonyl (C=O) groups excluding carboxylic acids is 1. The maximum atomic E-state index is 12.3. The van der Waals surface area contributed by atoms with E-state index >= 15 is 0 Å². The zero-order chi connectivity index (χ0) is 14.5. The zero-order valence-electron chi connectivity index (χ0n) is 13.3. The minimum absolute atomic E-state index is 0.167. The quantitative estimate of drug-likeness (QED) is 0.549. The molecular weight excluding hydrogens is 236 g/mol. The summed E-state index contributed by atoms with van der Waals surface area (Å²) in [6.07, 6.45) is 9.97. The van der Waals surface area contributed by atoms with Crippen molar-refractivity contribution in [1.29, 1.82) is 0 Å². The normalized spacial score (nSPS) is 12.4. The molecule has 1 amide bonds. The SMILES string of the molecule is CCCCCN(CCCCC)C(=O)[C@H](N)CCCC. The van der Waals surface area contributed by atoms with Gasteiger partial charge >= 0.3 is 0 Å². The van der Waals surface area contributed by atoms with Gasteiger partial charge in [0, 0.05) is 13.1 Å². The highest BCUT2D eigenvalue weighted by Gasteiger charge is 2.19. The van der Waals surface area contributed by atoms with Crippen molar-refractivity contribution in [2.24, 2.45) is 5.73 Å². The highest BCUT2D eigenvalue weighted by Crippen LogP contribution is 2.07. The van der Waals surface area contributed by atoms with Crippen molar-refractivity contribution in [3.63, 3.8) is 0 Å². The fraction of sp³-hybridized carbons (Fsp3) is 0.938. The first-order chi connectivity index (χ1) is 9.17. The second-order valence-corrected chi connectivity index (χ2v) is 5.49. The Hall–Kier alpha value is -0.570. The molecule has 0 radical (unpaired) electrons. The van der Waals surface area contributed by atoms with Crippen molar-refractivity contribution in [3.05, 3.63) is 0 Å². The lowest BCUT2D eigenvalue weighted by atomic mass is 10.1. The molecule has 0 bridgehead atoms. The number of nitrogens with zero attached hydrogens (tertiary/aromatic N) is 1. The average Bonchev–Trinajstić information content (AvgIpc) is 2.42. The first-order valence-electron chi connectivity index (χ1n) is 8.21. The number of hydrogen-bond acceptors (Lipinski definition) is 2. The van der Waals surface area contributed by atoms with Crippen LogP contribution >= 0.6 is 0 Å². The van der Waals surface area contributed by atoms with Gasteiger partial charge in [-0.3, -0.25) is 4.79 Å². The molecule has 3 nitrogen and oxygen atoms in total. The number of hydrogen-bond donors (Lipinski definition) is 1. The van der Waals surface area contributed by atoms with Crippen LogP contribution in [0.5, 0.6) is 0 Å². The van der Waals surface area contributed by atoms with E-state index in [2.05, 4.69) is 20.8 Å². The smallest absolute Gasteiger partial charge is 0.239 e. The lowest BCUT2D eigenvalue weighted by Gasteiger charge is -2.26. The fourth-order valence-electron chi connectivity index (χ4n) is 2.22. The summed E-state index contributed by atoms with van der Waals surface area (Å²) in [5, 5.41) is 0. The molecule has 0 aliphatic rings. The summed E-state index contributed by atoms with van der Waals surface area (Å²) in [5.74, 6) is 0.167. The van der Waals surface area contributed by atoms with Crippen LogP contribution < -0.4 is 5.73 Å². The van der Waals surface area contributed by atoms with Crippen LogP contribution in [-0.2, 0) is 4.79 Å². The van der Waals surface area contributed by atoms with Crippen LogP contribution in [0.4, 0.5) is 0 Å². The van der Waals surface area contributed by atoms with Crippen molar-refractivity contribution in [1.82, 2.24) is 4.90 Å². The molecule has 19 heavy (non-hydrogen) atoms. The largest absolute Gasteiger partial charge is 0.341 e. The van der Waals surface area contributed by atoms with E-state index in [0.29, 0.717) is 0 Å². The molecule has 0 aliphatic carbocycles. The molecule has 0 unspecified atom stereocenters. The van der Waals surface area contributed by atoms with E-state index in [4.69, 9.17) is 5.73 Å². The van der Waals surface area contributed by atoms with Gasteiger partial charge in [-0.15, -0.1) is 0 Å². The van der Waals surface area contributed by atoms with E-state index in [-0.39, 0.29) is 11.9 Å². The van der Waals surface area contributed by atoms with Crippen LogP contribution in [0.15, 0.2) is 0 Å². The van der Waals surface area contributed by atoms with Gasteiger partial charge in [-0.05, 0) is 19.3 Å². The number of rotatable bonds is 12. The maximum absolute atomic E-state index is 12.3. The second-order valence-electron chi connectivity index (χ2n) is 5.49. The summed E-state index contributed by atoms with van der Waals surface area (Å²) in [5.41, 5.74) is 6.02. The summed E-state index contributed by atoms with van der Waals surface area (Å²) in [6, 6.07) is -0.289. The van der Waals surface area contributed by atoms with Crippen LogP contribution in [0.1, 0.15) is 78.6 Å². The van der Waals surface area contributed by atoms with E-state index in [1.54, 1.807) is 0 Å². The number of carbonyl (C=O) groups is 1. The van der Waals surface area contributed by atoms with Gasteiger partial charge in [0.25, 0.3) is 0 Å². The molecule has 0 fully saturated rings. The summed E-state index contributed by atoms with van der Waals surface area (Å²) in [4.78, 5) is 14.3. The van der Waals surface area contributed by atoms with Crippen molar-refractivity contribution < 1.29 is 4.79 Å². The molecule has 0 aliphatic heterocycles. The summed E-state index contributed by atoms with van der Waals surface area (Å²) in [7, 11) is 0. The molecule has 0 heterocycles. The van der Waals surface area contributed by atoms with Crippen LogP contribution in [0.2, 0.25) is 0 Å². The third-order valence-corrected chi connectivity index (χ3v) is 3.56. The molecule has 0 rings (SSSR count). The number of amides is 1. The number of nitrogens with two attached hydrogens (primary N) is 1. The zero-order valence-corrected chi connectivity index (χ0v) is 13.3. The average molecular weight is 270 g/mol. The maximum Gasteiger partial charge on any atom is 0.239 e. The Morgan fingerprint density at radius 2 is 1.37 bits per heavy atom. The molecule has 1 atom stereocenters. The van der Waals surface area contributed by atoms with Gasteiger partial charge in [-0.1, -0.05) is 59.3 Å². The molecule has 0 aromatic rings. The van der Waals surface area contributed by atoms with Gasteiger partial charge in [0.1, 0.15) is 0 Å². The highest BCUT2D eigenvalue weighted by atomic mass is 16.2. The minimum atomic E-state index is -0.289. The first-order valence-corrected chi connectivity index (χ1v) is 8.21. The van der Waals surface area contributed by atoms with Gasteiger partial charge < -0.3 is 10.6 Å². The lowest BCUT2D eigenvalue weighted by molar-refractivity contribution is -0.133. The molecule has 2 N–H and O–H groups in total. The highest BCUT2D eigenvalue weighted by molar-refractivity contribution is 5.81. The Bertz CT molecular complexity index is 209. The third kappa shape index (κ3) is 9.04. The Morgan fingerprint density at radius 1 is 0.895 bits per heavy atom. The van der Waals surface area contributed by atoms with E-state index < -0.39 is 0 Å². The fourth-order valence-corrected chi connectivity index (χ4v) is 2.22. The molecule has 0 aromatic carbocycles. The molecule has 114 valence electrons. The first kappa shape index (κ1) is 18.4. The summed E-state index contributed by atoms with van der Waals surface area (Å²) < 4.78 is 0. The lowest BCUT2D eigenvalue weighted by Crippen LogP contribution is -2.44. The van der Waals surface area contributed by atoms with E-state index in [0.717, 1.165) is 45.2 Å². The van der Waals surface area contributed by atoms with Crippen LogP contribution in [0.25, 0.3) is 0 Å². The van der Waals surface area contributed by atoms with Crippen molar-refractivity contribution in [2.75, 3.05) is 13.1 Å². The van der Waals surface area contributed by atoms with Gasteiger partial charge in [0.05, 0.1) is 6.04 Å². The molecule has 0 saturated heterocycles. The van der Waals surface area contributed by atoms with Crippen molar-refractivity contribution in [3.8, 4) is 0 Å². The van der Waals surface area contributed by atoms with E-state index in [1.807, 2.05) is 4.90 Å². The molecule has 0 spiro atoms. The monoisotopic (exact) mass is 270 g/mol. The van der Waals surface area contributed by atoms with E-state index in [1.165, 1.54) is 25.7 Å². The van der Waals surface area contributed by atoms with Crippen LogP contribution in [-0.4, -0.2) is 29.9 Å². The Labute approximate surface area is 119 Å². The summed E-state index contributed by atoms with van der Waals surface area (Å²) in [6.45, 7) is 8.29. The molecule has 3 heteroatoms. The summed E-state index contributed by atoms with van der Waals surface area (Å²) >= 11 is 0. The van der Waals surface area contributed by atoms with Gasteiger partial charge in [0.2, 0.25) is 5.91 Å². The topological polar surface area (TPSA) is 46.3 Å². The Balaban J connectivity index is 4.21. The molecule has 0 aromatic heterocycles. The van der Waals surface area contributed by atoms with Gasteiger partial charge in [-0.2, -0.15) is 0 Å². The van der Waals surface area contributed by atoms with Gasteiger partial charge in [0.15, 0.2) is 0 Å². The predicted molar refractivity (Wildman–Crippen MR) is 83.1 cm³/mol.